The van der Waals surface area contributed by atoms with Crippen molar-refractivity contribution in [1.82, 2.24) is 4.98 Å². The van der Waals surface area contributed by atoms with E-state index >= 15 is 0 Å². The summed E-state index contributed by atoms with van der Waals surface area (Å²) in [6.45, 7) is 0. The van der Waals surface area contributed by atoms with Gasteiger partial charge in [-0.1, -0.05) is 17.7 Å². The molecule has 21 heavy (non-hydrogen) atoms. The van der Waals surface area contributed by atoms with Crippen LogP contribution in [0.3, 0.4) is 0 Å². The maximum atomic E-state index is 12.2. The second kappa shape index (κ2) is 5.42. The molecule has 3 rings (SSSR count). The summed E-state index contributed by atoms with van der Waals surface area (Å²) in [7, 11) is 0. The molecule has 0 spiro atoms. The summed E-state index contributed by atoms with van der Waals surface area (Å²) in [5.74, 6) is -0.276. The predicted molar refractivity (Wildman–Crippen MR) is 82.8 cm³/mol. The van der Waals surface area contributed by atoms with Crippen molar-refractivity contribution in [2.24, 2.45) is 0 Å². The van der Waals surface area contributed by atoms with Crippen molar-refractivity contribution in [3.05, 3.63) is 65.3 Å². The van der Waals surface area contributed by atoms with E-state index in [1.54, 1.807) is 36.5 Å². The van der Waals surface area contributed by atoms with Gasteiger partial charge in [-0.3, -0.25) is 9.78 Å². The van der Waals surface area contributed by atoms with Crippen molar-refractivity contribution in [1.29, 1.82) is 0 Å². The summed E-state index contributed by atoms with van der Waals surface area (Å²) in [6.07, 6.45) is 1.64. The summed E-state index contributed by atoms with van der Waals surface area (Å²) in [4.78, 5) is 16.5. The number of nitrogens with one attached hydrogen (secondary N) is 1. The number of hydrogen-bond acceptors (Lipinski definition) is 3. The Morgan fingerprint density at radius 2 is 2.00 bits per heavy atom. The fourth-order valence-corrected chi connectivity index (χ4v) is 2.30. The lowest BCUT2D eigenvalue weighted by atomic mass is 10.1. The molecule has 0 aliphatic rings. The molecule has 4 nitrogen and oxygen atoms in total. The average Bonchev–Trinajstić information content (AvgIpc) is 2.50. The third-order valence-electron chi connectivity index (χ3n) is 3.07. The van der Waals surface area contributed by atoms with Gasteiger partial charge in [0.2, 0.25) is 0 Å². The number of hydrogen-bond donors (Lipinski definition) is 2. The number of pyridine rings is 1. The summed E-state index contributed by atoms with van der Waals surface area (Å²) < 4.78 is 0. The van der Waals surface area contributed by atoms with Crippen molar-refractivity contribution in [2.45, 2.75) is 0 Å². The van der Waals surface area contributed by atoms with Crippen molar-refractivity contribution >= 4 is 34.1 Å². The monoisotopic (exact) mass is 298 g/mol. The first kappa shape index (κ1) is 13.4. The van der Waals surface area contributed by atoms with Crippen LogP contribution in [-0.2, 0) is 0 Å². The summed E-state index contributed by atoms with van der Waals surface area (Å²) in [6, 6.07) is 13.2. The van der Waals surface area contributed by atoms with Gasteiger partial charge in [0.25, 0.3) is 5.91 Å². The molecule has 2 aromatic carbocycles. The number of anilines is 1. The lowest BCUT2D eigenvalue weighted by molar-refractivity contribution is 0.102. The van der Waals surface area contributed by atoms with Crippen molar-refractivity contribution in [2.75, 3.05) is 5.32 Å². The number of rotatable bonds is 2. The first-order valence-electron chi connectivity index (χ1n) is 6.29. The minimum atomic E-state index is -0.319. The third kappa shape index (κ3) is 2.66. The highest BCUT2D eigenvalue weighted by atomic mass is 35.5. The van der Waals surface area contributed by atoms with E-state index in [-0.39, 0.29) is 11.7 Å². The zero-order valence-corrected chi connectivity index (χ0v) is 11.6. The molecule has 5 heteroatoms. The Balaban J connectivity index is 1.99. The number of fused-ring (bicyclic) bond motifs is 1. The highest BCUT2D eigenvalue weighted by molar-refractivity contribution is 6.36. The van der Waals surface area contributed by atoms with E-state index in [9.17, 15) is 9.90 Å². The lowest BCUT2D eigenvalue weighted by Gasteiger charge is -2.09. The number of carbonyl (C=O) groups excluding carboxylic acids is 1. The molecule has 1 amide bonds. The highest BCUT2D eigenvalue weighted by Gasteiger charge is 2.11. The largest absolute Gasteiger partial charge is 0.508 e. The van der Waals surface area contributed by atoms with Crippen LogP contribution in [0.15, 0.2) is 54.7 Å². The van der Waals surface area contributed by atoms with Gasteiger partial charge in [0, 0.05) is 17.1 Å². The molecular formula is C16H11ClN2O2. The van der Waals surface area contributed by atoms with Gasteiger partial charge in [-0.2, -0.15) is 0 Å². The molecule has 0 aliphatic carbocycles. The van der Waals surface area contributed by atoms with Gasteiger partial charge in [-0.05, 0) is 42.5 Å². The van der Waals surface area contributed by atoms with Crippen LogP contribution in [0.25, 0.3) is 10.9 Å². The second-order valence-electron chi connectivity index (χ2n) is 4.50. The Morgan fingerprint density at radius 1 is 1.14 bits per heavy atom. The van der Waals surface area contributed by atoms with Crippen LogP contribution in [0, 0.1) is 0 Å². The molecule has 0 fully saturated rings. The Labute approximate surface area is 126 Å². The molecule has 1 heterocycles. The van der Waals surface area contributed by atoms with Crippen LogP contribution in [0.4, 0.5) is 5.69 Å². The van der Waals surface area contributed by atoms with Gasteiger partial charge in [0.15, 0.2) is 0 Å². The number of amides is 1. The molecule has 0 atom stereocenters. The SMILES string of the molecule is O=C(Nc1ccc(Cl)c2cccnc12)c1cccc(O)c1. The molecular weight excluding hydrogens is 288 g/mol. The molecule has 1 aromatic heterocycles. The standard InChI is InChI=1S/C16H11ClN2O2/c17-13-6-7-14(15-12(13)5-2-8-18-15)19-16(21)10-3-1-4-11(20)9-10/h1-9,20H,(H,19,21). The lowest BCUT2D eigenvalue weighted by Crippen LogP contribution is -2.12. The van der Waals surface area contributed by atoms with E-state index in [2.05, 4.69) is 10.3 Å². The minimum absolute atomic E-state index is 0.0433. The van der Waals surface area contributed by atoms with E-state index in [1.807, 2.05) is 6.07 Å². The molecule has 104 valence electrons. The molecule has 3 aromatic rings. The molecule has 2 N–H and O–H groups in total. The third-order valence-corrected chi connectivity index (χ3v) is 3.40. The van der Waals surface area contributed by atoms with E-state index in [4.69, 9.17) is 11.6 Å². The highest BCUT2D eigenvalue weighted by Crippen LogP contribution is 2.28. The Hall–Kier alpha value is -2.59. The van der Waals surface area contributed by atoms with E-state index in [0.717, 1.165) is 5.39 Å². The summed E-state index contributed by atoms with van der Waals surface area (Å²) >= 11 is 6.12. The first-order chi connectivity index (χ1) is 10.1. The normalized spacial score (nSPS) is 10.5. The number of aromatic hydroxyl groups is 1. The molecule has 0 saturated carbocycles. The van der Waals surface area contributed by atoms with E-state index < -0.39 is 0 Å². The molecule has 0 aliphatic heterocycles. The molecule has 0 bridgehead atoms. The average molecular weight is 299 g/mol. The predicted octanol–water partition coefficient (Wildman–Crippen LogP) is 3.85. The van der Waals surface area contributed by atoms with Crippen molar-refractivity contribution in [3.63, 3.8) is 0 Å². The number of aromatic nitrogens is 1. The maximum Gasteiger partial charge on any atom is 0.255 e. The fraction of sp³-hybridized carbons (Fsp3) is 0. The van der Waals surface area contributed by atoms with Gasteiger partial charge in [0.05, 0.1) is 16.2 Å². The van der Waals surface area contributed by atoms with Crippen molar-refractivity contribution in [3.8, 4) is 5.75 Å². The topological polar surface area (TPSA) is 62.2 Å². The van der Waals surface area contributed by atoms with Gasteiger partial charge in [-0.25, -0.2) is 0 Å². The maximum absolute atomic E-state index is 12.2. The van der Waals surface area contributed by atoms with Gasteiger partial charge >= 0.3 is 0 Å². The summed E-state index contributed by atoms with van der Waals surface area (Å²) in [5, 5.41) is 13.6. The minimum Gasteiger partial charge on any atom is -0.508 e. The Morgan fingerprint density at radius 3 is 2.81 bits per heavy atom. The first-order valence-corrected chi connectivity index (χ1v) is 6.66. The van der Waals surface area contributed by atoms with Crippen molar-refractivity contribution < 1.29 is 9.90 Å². The molecule has 0 unspecified atom stereocenters. The molecule has 0 saturated heterocycles. The van der Waals surface area contributed by atoms with Crippen LogP contribution in [0.2, 0.25) is 5.02 Å². The number of nitrogens with zero attached hydrogens (tertiary/aromatic N) is 1. The van der Waals surface area contributed by atoms with Crippen LogP contribution < -0.4 is 5.32 Å². The Kier molecular flexibility index (Phi) is 3.46. The second-order valence-corrected chi connectivity index (χ2v) is 4.91. The number of phenolic OH excluding ortho intramolecular Hbond substituents is 1. The van der Waals surface area contributed by atoms with Crippen LogP contribution in [0.5, 0.6) is 5.75 Å². The molecule has 0 radical (unpaired) electrons. The number of halogens is 1. The Bertz CT molecular complexity index is 833. The number of phenols is 1. The zero-order valence-electron chi connectivity index (χ0n) is 10.9. The number of benzene rings is 2. The van der Waals surface area contributed by atoms with Crippen LogP contribution in [0.1, 0.15) is 10.4 Å². The number of carbonyl (C=O) groups is 1. The van der Waals surface area contributed by atoms with E-state index in [1.165, 1.54) is 12.1 Å². The van der Waals surface area contributed by atoms with Crippen LogP contribution >= 0.6 is 11.6 Å². The summed E-state index contributed by atoms with van der Waals surface area (Å²) in [5.41, 5.74) is 1.57. The zero-order chi connectivity index (χ0) is 14.8. The smallest absolute Gasteiger partial charge is 0.255 e. The van der Waals surface area contributed by atoms with E-state index in [0.29, 0.717) is 21.8 Å². The fourth-order valence-electron chi connectivity index (χ4n) is 2.08. The van der Waals surface area contributed by atoms with Gasteiger partial charge < -0.3 is 10.4 Å². The van der Waals surface area contributed by atoms with Gasteiger partial charge in [0.1, 0.15) is 5.75 Å². The van der Waals surface area contributed by atoms with Crippen LogP contribution in [-0.4, -0.2) is 16.0 Å². The van der Waals surface area contributed by atoms with Gasteiger partial charge in [-0.15, -0.1) is 0 Å². The quantitative estimate of drug-likeness (QED) is 0.755.